The van der Waals surface area contributed by atoms with Crippen LogP contribution in [-0.2, 0) is 4.74 Å². The number of ether oxygens (including phenoxy) is 1. The predicted octanol–water partition coefficient (Wildman–Crippen LogP) is 3.31. The smallest absolute Gasteiger partial charge is 0.144 e. The van der Waals surface area contributed by atoms with Crippen LogP contribution in [0.1, 0.15) is 30.5 Å². The number of hydrogen-bond acceptors (Lipinski definition) is 3. The number of nitrogens with one attached hydrogen (secondary N) is 1. The Bertz CT molecular complexity index is 428. The molecule has 1 N–H and O–H groups in total. The van der Waals surface area contributed by atoms with Crippen LogP contribution < -0.4 is 0 Å². The number of halogens is 1. The molecule has 1 saturated carbocycles. The lowest BCUT2D eigenvalue weighted by atomic mass is 10.2. The second-order valence-electron chi connectivity index (χ2n) is 3.86. The van der Waals surface area contributed by atoms with Crippen LogP contribution >= 0.6 is 28.1 Å². The van der Waals surface area contributed by atoms with Crippen LogP contribution in [0.5, 0.6) is 0 Å². The van der Waals surface area contributed by atoms with Gasteiger partial charge in [0.2, 0.25) is 0 Å². The molecule has 1 aliphatic rings. The lowest BCUT2D eigenvalue weighted by Crippen LogP contribution is -2.10. The maximum Gasteiger partial charge on any atom is 0.144 e. The first-order chi connectivity index (χ1) is 7.13. The lowest BCUT2D eigenvalue weighted by Gasteiger charge is -2.14. The quantitative estimate of drug-likeness (QED) is 0.868. The standard InChI is InChI=1S/C10H13BrN2OS/c1-5-7(11)10(15)13-9(12-5)8(14-2)6-3-4-6/h6,8H,3-4H2,1-2H3,(H,12,13,15). The third-order valence-corrected chi connectivity index (χ3v) is 4.16. The Kier molecular flexibility index (Phi) is 3.23. The third kappa shape index (κ3) is 2.29. The van der Waals surface area contributed by atoms with Crippen LogP contribution in [0.4, 0.5) is 0 Å². The molecule has 1 aliphatic carbocycles. The van der Waals surface area contributed by atoms with E-state index in [-0.39, 0.29) is 6.10 Å². The maximum atomic E-state index is 5.45. The molecule has 1 heterocycles. The first-order valence-electron chi connectivity index (χ1n) is 4.92. The summed E-state index contributed by atoms with van der Waals surface area (Å²) in [5.41, 5.74) is 1.01. The van der Waals surface area contributed by atoms with E-state index in [2.05, 4.69) is 25.9 Å². The lowest BCUT2D eigenvalue weighted by molar-refractivity contribution is 0.0769. The second-order valence-corrected chi connectivity index (χ2v) is 5.04. The van der Waals surface area contributed by atoms with E-state index in [0.29, 0.717) is 10.6 Å². The average molecular weight is 289 g/mol. The Morgan fingerprint density at radius 2 is 2.27 bits per heavy atom. The maximum absolute atomic E-state index is 5.45. The van der Waals surface area contributed by atoms with Gasteiger partial charge >= 0.3 is 0 Å². The molecule has 0 spiro atoms. The minimum absolute atomic E-state index is 0.0681. The van der Waals surface area contributed by atoms with Gasteiger partial charge in [0.15, 0.2) is 0 Å². The number of methoxy groups -OCH3 is 1. The Labute approximate surface area is 102 Å². The normalized spacial score (nSPS) is 17.8. The van der Waals surface area contributed by atoms with E-state index in [0.717, 1.165) is 16.0 Å². The van der Waals surface area contributed by atoms with Gasteiger partial charge in [-0.25, -0.2) is 4.98 Å². The van der Waals surface area contributed by atoms with Gasteiger partial charge in [-0.05, 0) is 41.6 Å². The van der Waals surface area contributed by atoms with E-state index >= 15 is 0 Å². The summed E-state index contributed by atoms with van der Waals surface area (Å²) in [7, 11) is 1.72. The van der Waals surface area contributed by atoms with Gasteiger partial charge in [-0.1, -0.05) is 12.2 Å². The number of aryl methyl sites for hydroxylation is 1. The van der Waals surface area contributed by atoms with E-state index < -0.39 is 0 Å². The van der Waals surface area contributed by atoms with E-state index in [4.69, 9.17) is 17.0 Å². The topological polar surface area (TPSA) is 37.9 Å². The molecule has 0 aliphatic heterocycles. The minimum atomic E-state index is 0.0681. The van der Waals surface area contributed by atoms with Crippen molar-refractivity contribution in [2.75, 3.05) is 7.11 Å². The molecular formula is C10H13BrN2OS. The van der Waals surface area contributed by atoms with Crippen LogP contribution in [0.3, 0.4) is 0 Å². The van der Waals surface area contributed by atoms with Gasteiger partial charge in [-0.15, -0.1) is 0 Å². The molecule has 0 bridgehead atoms. The number of aromatic amines is 1. The van der Waals surface area contributed by atoms with E-state index in [1.807, 2.05) is 6.92 Å². The fourth-order valence-electron chi connectivity index (χ4n) is 1.65. The van der Waals surface area contributed by atoms with Gasteiger partial charge in [-0.2, -0.15) is 0 Å². The summed E-state index contributed by atoms with van der Waals surface area (Å²) in [6.45, 7) is 1.98. The Hall–Kier alpha value is -0.260. The van der Waals surface area contributed by atoms with Crippen molar-refractivity contribution in [3.8, 4) is 0 Å². The van der Waals surface area contributed by atoms with Crippen LogP contribution in [0, 0.1) is 17.5 Å². The van der Waals surface area contributed by atoms with Crippen molar-refractivity contribution < 1.29 is 4.74 Å². The molecule has 0 radical (unpaired) electrons. The average Bonchev–Trinajstić information content (AvgIpc) is 2.99. The summed E-state index contributed by atoms with van der Waals surface area (Å²) >= 11 is 8.57. The predicted molar refractivity (Wildman–Crippen MR) is 64.3 cm³/mol. The molecular weight excluding hydrogens is 276 g/mol. The Morgan fingerprint density at radius 3 is 2.73 bits per heavy atom. The van der Waals surface area contributed by atoms with Crippen molar-refractivity contribution in [1.82, 2.24) is 9.97 Å². The first-order valence-corrected chi connectivity index (χ1v) is 6.12. The number of nitrogens with zero attached hydrogens (tertiary/aromatic N) is 1. The van der Waals surface area contributed by atoms with Gasteiger partial charge in [0, 0.05) is 12.8 Å². The highest BCUT2D eigenvalue weighted by Crippen LogP contribution is 2.42. The van der Waals surface area contributed by atoms with Crippen molar-refractivity contribution in [2.24, 2.45) is 5.92 Å². The highest BCUT2D eigenvalue weighted by atomic mass is 79.9. The Morgan fingerprint density at radius 1 is 1.60 bits per heavy atom. The third-order valence-electron chi connectivity index (χ3n) is 2.63. The molecule has 0 amide bonds. The van der Waals surface area contributed by atoms with Crippen LogP contribution in [0.15, 0.2) is 4.47 Å². The van der Waals surface area contributed by atoms with E-state index in [9.17, 15) is 0 Å². The molecule has 0 aromatic carbocycles. The van der Waals surface area contributed by atoms with Gasteiger partial charge in [0.1, 0.15) is 16.6 Å². The van der Waals surface area contributed by atoms with Gasteiger partial charge in [-0.3, -0.25) is 0 Å². The highest BCUT2D eigenvalue weighted by Gasteiger charge is 2.34. The van der Waals surface area contributed by atoms with Crippen molar-refractivity contribution in [1.29, 1.82) is 0 Å². The van der Waals surface area contributed by atoms with Crippen molar-refractivity contribution in [2.45, 2.75) is 25.9 Å². The number of aromatic nitrogens is 2. The highest BCUT2D eigenvalue weighted by molar-refractivity contribution is 9.10. The summed E-state index contributed by atoms with van der Waals surface area (Å²) in [5, 5.41) is 0. The largest absolute Gasteiger partial charge is 0.373 e. The van der Waals surface area contributed by atoms with Crippen LogP contribution in [0.25, 0.3) is 0 Å². The fraction of sp³-hybridized carbons (Fsp3) is 0.600. The summed E-state index contributed by atoms with van der Waals surface area (Å²) in [6.07, 6.45) is 2.50. The fourth-order valence-corrected chi connectivity index (χ4v) is 2.09. The van der Waals surface area contributed by atoms with Crippen LogP contribution in [-0.4, -0.2) is 17.1 Å². The van der Waals surface area contributed by atoms with E-state index in [1.54, 1.807) is 7.11 Å². The molecule has 2 rings (SSSR count). The summed E-state index contributed by atoms with van der Waals surface area (Å²) in [5.74, 6) is 1.46. The van der Waals surface area contributed by atoms with Crippen molar-refractivity contribution in [3.63, 3.8) is 0 Å². The SMILES string of the molecule is COC(c1nc(=S)c(Br)c(C)[nH]1)C1CC1. The molecule has 3 nitrogen and oxygen atoms in total. The van der Waals surface area contributed by atoms with Crippen molar-refractivity contribution >= 4 is 28.1 Å². The summed E-state index contributed by atoms with van der Waals surface area (Å²) in [6, 6.07) is 0. The molecule has 15 heavy (non-hydrogen) atoms. The zero-order valence-corrected chi connectivity index (χ0v) is 11.1. The molecule has 5 heteroatoms. The van der Waals surface area contributed by atoms with Crippen LogP contribution in [0.2, 0.25) is 0 Å². The van der Waals surface area contributed by atoms with Gasteiger partial charge in [0.25, 0.3) is 0 Å². The second kappa shape index (κ2) is 4.31. The number of hydrogen-bond donors (Lipinski definition) is 1. The molecule has 1 atom stereocenters. The first kappa shape index (κ1) is 11.2. The molecule has 0 saturated heterocycles. The number of rotatable bonds is 3. The summed E-state index contributed by atoms with van der Waals surface area (Å²) in [4.78, 5) is 7.59. The molecule has 1 unspecified atom stereocenters. The van der Waals surface area contributed by atoms with E-state index in [1.165, 1.54) is 12.8 Å². The molecule has 1 fully saturated rings. The minimum Gasteiger partial charge on any atom is -0.373 e. The molecule has 1 aromatic rings. The van der Waals surface area contributed by atoms with Gasteiger partial charge in [0.05, 0.1) is 4.47 Å². The zero-order chi connectivity index (χ0) is 11.0. The zero-order valence-electron chi connectivity index (χ0n) is 8.71. The van der Waals surface area contributed by atoms with Gasteiger partial charge < -0.3 is 9.72 Å². The Balaban J connectivity index is 2.39. The molecule has 82 valence electrons. The molecule has 1 aromatic heterocycles. The number of H-pyrrole nitrogens is 1. The monoisotopic (exact) mass is 288 g/mol. The summed E-state index contributed by atoms with van der Waals surface area (Å²) < 4.78 is 6.92. The van der Waals surface area contributed by atoms with Crippen molar-refractivity contribution in [3.05, 3.63) is 20.6 Å².